The van der Waals surface area contributed by atoms with Gasteiger partial charge in [0.05, 0.1) is 43.6 Å². The maximum Gasteiger partial charge on any atom is 0.305 e. The molecule has 1 aromatic rings. The smallest absolute Gasteiger partial charge is 0.305 e. The predicted octanol–water partition coefficient (Wildman–Crippen LogP) is -0.186. The summed E-state index contributed by atoms with van der Waals surface area (Å²) >= 11 is 1.05. The number of carbonyl (C=O) groups excluding carboxylic acids is 2. The number of carboxylic acids is 1. The molecule has 27 heavy (non-hydrogen) atoms. The fourth-order valence-corrected chi connectivity index (χ4v) is 3.12. The SMILES string of the molecule is CCCOCCn1cc(CNC(=O)C(CC(=O)O)SCC(N)C(C)=O)nn1. The zero-order chi connectivity index (χ0) is 20.2. The number of aliphatic carboxylic acids is 1. The van der Waals surface area contributed by atoms with E-state index in [4.69, 9.17) is 15.6 Å². The number of aromatic nitrogens is 3. The lowest BCUT2D eigenvalue weighted by Gasteiger charge is -2.16. The molecule has 10 nitrogen and oxygen atoms in total. The number of carbonyl (C=O) groups is 3. The molecule has 1 amide bonds. The molecule has 0 saturated carbocycles. The highest BCUT2D eigenvalue weighted by Gasteiger charge is 2.24. The van der Waals surface area contributed by atoms with E-state index < -0.39 is 23.2 Å². The van der Waals surface area contributed by atoms with Crippen LogP contribution >= 0.6 is 11.8 Å². The van der Waals surface area contributed by atoms with Crippen molar-refractivity contribution in [3.05, 3.63) is 11.9 Å². The zero-order valence-corrected chi connectivity index (χ0v) is 16.4. The fraction of sp³-hybridized carbons (Fsp3) is 0.688. The monoisotopic (exact) mass is 401 g/mol. The van der Waals surface area contributed by atoms with Crippen molar-refractivity contribution < 1.29 is 24.2 Å². The maximum absolute atomic E-state index is 12.3. The van der Waals surface area contributed by atoms with E-state index in [9.17, 15) is 14.4 Å². The van der Waals surface area contributed by atoms with Crippen LogP contribution in [0.5, 0.6) is 0 Å². The first-order valence-electron chi connectivity index (χ1n) is 8.67. The summed E-state index contributed by atoms with van der Waals surface area (Å²) in [5.41, 5.74) is 6.20. The molecule has 0 fully saturated rings. The van der Waals surface area contributed by atoms with Crippen molar-refractivity contribution in [1.82, 2.24) is 20.3 Å². The summed E-state index contributed by atoms with van der Waals surface area (Å²) in [7, 11) is 0. The number of rotatable bonds is 14. The Kier molecular flexibility index (Phi) is 10.6. The fourth-order valence-electron chi connectivity index (χ4n) is 1.95. The van der Waals surface area contributed by atoms with Crippen molar-refractivity contribution in [2.45, 2.75) is 51.1 Å². The number of hydrogen-bond acceptors (Lipinski definition) is 8. The molecule has 2 atom stereocenters. The summed E-state index contributed by atoms with van der Waals surface area (Å²) in [6, 6.07) is -0.728. The third-order valence-electron chi connectivity index (χ3n) is 3.49. The van der Waals surface area contributed by atoms with Crippen LogP contribution in [-0.4, -0.2) is 68.0 Å². The molecule has 0 saturated heterocycles. The molecular weight excluding hydrogens is 374 g/mol. The van der Waals surface area contributed by atoms with Crippen molar-refractivity contribution in [3.63, 3.8) is 0 Å². The van der Waals surface area contributed by atoms with Gasteiger partial charge in [-0.1, -0.05) is 12.1 Å². The van der Waals surface area contributed by atoms with Gasteiger partial charge in [-0.05, 0) is 13.3 Å². The molecule has 152 valence electrons. The van der Waals surface area contributed by atoms with E-state index in [1.165, 1.54) is 6.92 Å². The van der Waals surface area contributed by atoms with Gasteiger partial charge in [0.25, 0.3) is 0 Å². The number of carboxylic acid groups (broad SMARTS) is 1. The molecule has 0 aromatic carbocycles. The molecule has 1 rings (SSSR count). The van der Waals surface area contributed by atoms with E-state index in [2.05, 4.69) is 15.6 Å². The molecule has 2 unspecified atom stereocenters. The van der Waals surface area contributed by atoms with Crippen molar-refractivity contribution >= 4 is 29.4 Å². The number of ether oxygens (including phenoxy) is 1. The molecule has 0 radical (unpaired) electrons. The second-order valence-corrected chi connectivity index (χ2v) is 7.18. The van der Waals surface area contributed by atoms with Crippen molar-refractivity contribution in [3.8, 4) is 0 Å². The van der Waals surface area contributed by atoms with Gasteiger partial charge in [-0.3, -0.25) is 14.4 Å². The Labute approximate surface area is 162 Å². The largest absolute Gasteiger partial charge is 0.481 e. The van der Waals surface area contributed by atoms with Crippen molar-refractivity contribution in [1.29, 1.82) is 0 Å². The quantitative estimate of drug-likeness (QED) is 0.361. The van der Waals surface area contributed by atoms with Crippen LogP contribution in [0.25, 0.3) is 0 Å². The van der Waals surface area contributed by atoms with E-state index in [0.29, 0.717) is 25.5 Å². The molecule has 4 N–H and O–H groups in total. The second-order valence-electron chi connectivity index (χ2n) is 5.94. The van der Waals surface area contributed by atoms with Crippen LogP contribution < -0.4 is 11.1 Å². The number of ketones is 1. The van der Waals surface area contributed by atoms with E-state index in [1.807, 2.05) is 6.92 Å². The van der Waals surface area contributed by atoms with Gasteiger partial charge in [-0.25, -0.2) is 4.68 Å². The first-order valence-corrected chi connectivity index (χ1v) is 9.72. The van der Waals surface area contributed by atoms with E-state index in [-0.39, 0.29) is 24.5 Å². The van der Waals surface area contributed by atoms with Gasteiger partial charge in [0.15, 0.2) is 0 Å². The zero-order valence-electron chi connectivity index (χ0n) is 15.6. The lowest BCUT2D eigenvalue weighted by molar-refractivity contribution is -0.138. The van der Waals surface area contributed by atoms with Crippen LogP contribution in [0, 0.1) is 0 Å². The van der Waals surface area contributed by atoms with E-state index >= 15 is 0 Å². The van der Waals surface area contributed by atoms with Gasteiger partial charge >= 0.3 is 5.97 Å². The molecule has 1 heterocycles. The highest BCUT2D eigenvalue weighted by molar-refractivity contribution is 8.00. The molecule has 0 aliphatic carbocycles. The highest BCUT2D eigenvalue weighted by Crippen LogP contribution is 2.16. The number of nitrogens with one attached hydrogen (secondary N) is 1. The maximum atomic E-state index is 12.3. The van der Waals surface area contributed by atoms with E-state index in [0.717, 1.165) is 18.2 Å². The minimum absolute atomic E-state index is 0.129. The Bertz CT molecular complexity index is 624. The number of thioether (sulfide) groups is 1. The molecule has 1 aromatic heterocycles. The van der Waals surface area contributed by atoms with Gasteiger partial charge in [0.1, 0.15) is 11.5 Å². The van der Waals surface area contributed by atoms with Crippen LogP contribution in [0.1, 0.15) is 32.4 Å². The molecular formula is C16H27N5O5S. The Morgan fingerprint density at radius 2 is 2.15 bits per heavy atom. The van der Waals surface area contributed by atoms with E-state index in [1.54, 1.807) is 10.9 Å². The summed E-state index contributed by atoms with van der Waals surface area (Å²) in [5.74, 6) is -1.58. The molecule has 0 aliphatic rings. The van der Waals surface area contributed by atoms with Crippen LogP contribution in [0.15, 0.2) is 6.20 Å². The summed E-state index contributed by atoms with van der Waals surface area (Å²) in [6.45, 7) is 5.28. The lowest BCUT2D eigenvalue weighted by Crippen LogP contribution is -2.37. The summed E-state index contributed by atoms with van der Waals surface area (Å²) < 4.78 is 6.99. The Hall–Kier alpha value is -1.98. The van der Waals surface area contributed by atoms with Gasteiger partial charge in [0, 0.05) is 12.4 Å². The van der Waals surface area contributed by atoms with Gasteiger partial charge in [0.2, 0.25) is 5.91 Å². The molecule has 11 heteroatoms. The third-order valence-corrected chi connectivity index (χ3v) is 4.83. The Morgan fingerprint density at radius 3 is 2.78 bits per heavy atom. The molecule has 0 spiro atoms. The number of amides is 1. The standard InChI is InChI=1S/C16H27N5O5S/c1-3-5-26-6-4-21-9-12(19-20-21)8-18-16(25)14(7-15(23)24)27-10-13(17)11(2)22/h9,13-14H,3-8,10,17H2,1-2H3,(H,18,25)(H,23,24). The summed E-state index contributed by atoms with van der Waals surface area (Å²) in [6.07, 6.45) is 2.28. The van der Waals surface area contributed by atoms with Gasteiger partial charge in [-0.15, -0.1) is 16.9 Å². The van der Waals surface area contributed by atoms with Gasteiger partial charge in [-0.2, -0.15) is 0 Å². The van der Waals surface area contributed by atoms with Crippen LogP contribution in [0.4, 0.5) is 0 Å². The molecule has 0 aliphatic heterocycles. The topological polar surface area (TPSA) is 149 Å². The number of Topliss-reactive ketones (excluding diaryl/α,β-unsaturated/α-hetero) is 1. The van der Waals surface area contributed by atoms with Gasteiger partial charge < -0.3 is 20.9 Å². The van der Waals surface area contributed by atoms with Crippen LogP contribution in [-0.2, 0) is 32.2 Å². The second kappa shape index (κ2) is 12.4. The minimum Gasteiger partial charge on any atom is -0.481 e. The minimum atomic E-state index is -1.10. The Morgan fingerprint density at radius 1 is 1.41 bits per heavy atom. The number of nitrogens with two attached hydrogens (primary N) is 1. The molecule has 0 bridgehead atoms. The first-order chi connectivity index (χ1) is 12.8. The summed E-state index contributed by atoms with van der Waals surface area (Å²) in [4.78, 5) is 34.5. The average molecular weight is 401 g/mol. The first kappa shape index (κ1) is 23.1. The number of hydrogen-bond donors (Lipinski definition) is 3. The average Bonchev–Trinajstić information content (AvgIpc) is 3.07. The number of nitrogens with zero attached hydrogens (tertiary/aromatic N) is 3. The van der Waals surface area contributed by atoms with Crippen molar-refractivity contribution in [2.24, 2.45) is 5.73 Å². The normalized spacial score (nSPS) is 13.1. The van der Waals surface area contributed by atoms with Crippen LogP contribution in [0.2, 0.25) is 0 Å². The third kappa shape index (κ3) is 9.50. The highest BCUT2D eigenvalue weighted by atomic mass is 32.2. The van der Waals surface area contributed by atoms with Crippen LogP contribution in [0.3, 0.4) is 0 Å². The van der Waals surface area contributed by atoms with Crippen molar-refractivity contribution in [2.75, 3.05) is 19.0 Å². The predicted molar refractivity (Wildman–Crippen MR) is 100 cm³/mol. The Balaban J connectivity index is 2.49. The summed E-state index contributed by atoms with van der Waals surface area (Å²) in [5, 5.41) is 18.7. The lowest BCUT2D eigenvalue weighted by atomic mass is 10.2.